The van der Waals surface area contributed by atoms with Crippen LogP contribution < -0.4 is 4.74 Å². The minimum absolute atomic E-state index is 0.109. The van der Waals surface area contributed by atoms with Crippen LogP contribution in [0.4, 0.5) is 0 Å². The van der Waals surface area contributed by atoms with Crippen molar-refractivity contribution in [3.63, 3.8) is 0 Å². The quantitative estimate of drug-likeness (QED) is 0.814. The van der Waals surface area contributed by atoms with E-state index in [0.29, 0.717) is 12.5 Å². The van der Waals surface area contributed by atoms with Crippen LogP contribution in [0, 0.1) is 5.92 Å². The lowest BCUT2D eigenvalue weighted by molar-refractivity contribution is -0.131. The first kappa shape index (κ1) is 16.0. The zero-order valence-electron chi connectivity index (χ0n) is 13.8. The van der Waals surface area contributed by atoms with Gasteiger partial charge >= 0.3 is 0 Å². The largest absolute Gasteiger partial charge is 0.497 e. The van der Waals surface area contributed by atoms with E-state index in [4.69, 9.17) is 4.74 Å². The Bertz CT molecular complexity index is 681. The second kappa shape index (κ2) is 6.71. The number of benzene rings is 1. The van der Waals surface area contributed by atoms with Gasteiger partial charge in [0.2, 0.25) is 5.91 Å². The third kappa shape index (κ3) is 3.55. The third-order valence-electron chi connectivity index (χ3n) is 4.33. The Hall–Kier alpha value is -1.88. The molecule has 1 aromatic heterocycles. The maximum Gasteiger partial charge on any atom is 0.226 e. The molecule has 1 aliphatic rings. The molecule has 1 heterocycles. The topological polar surface area (TPSA) is 42.4 Å². The summed E-state index contributed by atoms with van der Waals surface area (Å²) in [5, 5.41) is 3.18. The van der Waals surface area contributed by atoms with E-state index in [1.807, 2.05) is 24.1 Å². The highest BCUT2D eigenvalue weighted by atomic mass is 32.1. The third-order valence-corrected chi connectivity index (χ3v) is 5.37. The Morgan fingerprint density at radius 2 is 2.13 bits per heavy atom. The summed E-state index contributed by atoms with van der Waals surface area (Å²) in [7, 11) is 3.53. The summed E-state index contributed by atoms with van der Waals surface area (Å²) in [6.07, 6.45) is 1.89. The zero-order valence-corrected chi connectivity index (χ0v) is 14.6. The van der Waals surface area contributed by atoms with Gasteiger partial charge in [0.25, 0.3) is 0 Å². The lowest BCUT2D eigenvalue weighted by atomic mass is 10.1. The molecule has 1 saturated carbocycles. The molecule has 1 amide bonds. The number of methoxy groups -OCH3 is 1. The minimum atomic E-state index is 0.109. The summed E-state index contributed by atoms with van der Waals surface area (Å²) in [4.78, 5) is 18.9. The summed E-state index contributed by atoms with van der Waals surface area (Å²) < 4.78 is 5.18. The van der Waals surface area contributed by atoms with Crippen molar-refractivity contribution in [2.24, 2.45) is 5.92 Å². The molecular formula is C18H22N2O2S. The lowest BCUT2D eigenvalue weighted by Crippen LogP contribution is -2.28. The van der Waals surface area contributed by atoms with Gasteiger partial charge < -0.3 is 9.64 Å². The first-order valence-corrected chi connectivity index (χ1v) is 8.82. The molecule has 0 aliphatic heterocycles. The van der Waals surface area contributed by atoms with E-state index >= 15 is 0 Å². The summed E-state index contributed by atoms with van der Waals surface area (Å²) in [5.41, 5.74) is 2.21. The fraction of sp³-hybridized carbons (Fsp3) is 0.444. The molecule has 0 unspecified atom stereocenters. The highest BCUT2D eigenvalue weighted by Gasteiger charge is 2.45. The van der Waals surface area contributed by atoms with E-state index in [1.165, 1.54) is 5.56 Å². The predicted molar refractivity (Wildman–Crippen MR) is 91.8 cm³/mol. The van der Waals surface area contributed by atoms with Crippen LogP contribution in [0.25, 0.3) is 0 Å². The Kier molecular flexibility index (Phi) is 4.66. The molecule has 2 atom stereocenters. The Morgan fingerprint density at radius 1 is 1.39 bits per heavy atom. The number of hydrogen-bond donors (Lipinski definition) is 0. The smallest absolute Gasteiger partial charge is 0.226 e. The van der Waals surface area contributed by atoms with Crippen molar-refractivity contribution in [1.29, 1.82) is 0 Å². The Labute approximate surface area is 141 Å². The molecule has 3 rings (SSSR count). The van der Waals surface area contributed by atoms with Gasteiger partial charge in [0.05, 0.1) is 24.4 Å². The number of rotatable bonds is 6. The summed E-state index contributed by atoms with van der Waals surface area (Å²) in [6.45, 7) is 2.70. The van der Waals surface area contributed by atoms with Gasteiger partial charge in [-0.05, 0) is 36.5 Å². The number of ether oxygens (including phenoxy) is 1. The van der Waals surface area contributed by atoms with Gasteiger partial charge in [0.15, 0.2) is 0 Å². The summed E-state index contributed by atoms with van der Waals surface area (Å²) in [6, 6.07) is 8.04. The van der Waals surface area contributed by atoms with Gasteiger partial charge in [-0.15, -0.1) is 11.3 Å². The van der Waals surface area contributed by atoms with E-state index in [9.17, 15) is 4.79 Å². The fourth-order valence-corrected chi connectivity index (χ4v) is 3.61. The van der Waals surface area contributed by atoms with Crippen molar-refractivity contribution in [1.82, 2.24) is 9.88 Å². The van der Waals surface area contributed by atoms with E-state index < -0.39 is 0 Å². The van der Waals surface area contributed by atoms with Crippen LogP contribution >= 0.6 is 11.3 Å². The van der Waals surface area contributed by atoms with E-state index in [-0.39, 0.29) is 11.8 Å². The summed E-state index contributed by atoms with van der Waals surface area (Å²) >= 11 is 1.67. The zero-order chi connectivity index (χ0) is 16.4. The monoisotopic (exact) mass is 330 g/mol. The van der Waals surface area contributed by atoms with Gasteiger partial charge in [0, 0.05) is 18.3 Å². The molecule has 1 aromatic carbocycles. The molecule has 2 aromatic rings. The highest BCUT2D eigenvalue weighted by Crippen LogP contribution is 2.48. The Balaban J connectivity index is 1.58. The van der Waals surface area contributed by atoms with E-state index in [2.05, 4.69) is 29.4 Å². The molecule has 4 nitrogen and oxygen atoms in total. The number of aryl methyl sites for hydroxylation is 1. The standard InChI is InChI=1S/C18H22N2O2S/c1-4-17-19-13(11-23-17)10-20(2)18(21)16-9-15(16)12-5-7-14(22-3)8-6-12/h5-8,11,15-16H,4,9-10H2,1-3H3/t15-,16-/m1/s1. The SMILES string of the molecule is CCc1nc(CN(C)C(=O)[C@@H]2C[C@@H]2c2ccc(OC)cc2)cs1. The van der Waals surface area contributed by atoms with Gasteiger partial charge in [-0.3, -0.25) is 4.79 Å². The molecule has 122 valence electrons. The number of amides is 1. The molecular weight excluding hydrogens is 308 g/mol. The maximum absolute atomic E-state index is 12.6. The van der Waals surface area contributed by atoms with Crippen molar-refractivity contribution in [3.8, 4) is 5.75 Å². The number of carbonyl (C=O) groups excluding carboxylic acids is 1. The van der Waals surface area contributed by atoms with Crippen LogP contribution in [0.1, 0.15) is 35.5 Å². The highest BCUT2D eigenvalue weighted by molar-refractivity contribution is 7.09. The van der Waals surface area contributed by atoms with Crippen LogP contribution in [0.5, 0.6) is 5.75 Å². The number of thiazole rings is 1. The van der Waals surface area contributed by atoms with Crippen molar-refractivity contribution in [2.75, 3.05) is 14.2 Å². The molecule has 0 bridgehead atoms. The minimum Gasteiger partial charge on any atom is -0.497 e. The molecule has 0 spiro atoms. The number of hydrogen-bond acceptors (Lipinski definition) is 4. The van der Waals surface area contributed by atoms with Gasteiger partial charge in [-0.1, -0.05) is 19.1 Å². The normalized spacial score (nSPS) is 19.4. The van der Waals surface area contributed by atoms with E-state index in [1.54, 1.807) is 18.4 Å². The first-order valence-electron chi connectivity index (χ1n) is 7.94. The molecule has 0 saturated heterocycles. The number of nitrogens with zero attached hydrogens (tertiary/aromatic N) is 2. The van der Waals surface area contributed by atoms with Crippen molar-refractivity contribution < 1.29 is 9.53 Å². The van der Waals surface area contributed by atoms with Crippen molar-refractivity contribution in [3.05, 3.63) is 45.9 Å². The first-order chi connectivity index (χ1) is 11.1. The predicted octanol–water partition coefficient (Wildman–Crippen LogP) is 3.48. The van der Waals surface area contributed by atoms with E-state index in [0.717, 1.165) is 29.3 Å². The molecule has 0 radical (unpaired) electrons. The van der Waals surface area contributed by atoms with Crippen LogP contribution in [0.15, 0.2) is 29.6 Å². The molecule has 23 heavy (non-hydrogen) atoms. The molecule has 1 fully saturated rings. The molecule has 0 N–H and O–H groups in total. The van der Waals surface area contributed by atoms with Gasteiger partial charge in [0.1, 0.15) is 5.75 Å². The number of aromatic nitrogens is 1. The van der Waals surface area contributed by atoms with Crippen LogP contribution in [-0.4, -0.2) is 29.9 Å². The maximum atomic E-state index is 12.6. The average molecular weight is 330 g/mol. The lowest BCUT2D eigenvalue weighted by Gasteiger charge is -2.16. The van der Waals surface area contributed by atoms with Crippen molar-refractivity contribution >= 4 is 17.2 Å². The Morgan fingerprint density at radius 3 is 2.74 bits per heavy atom. The van der Waals surface area contributed by atoms with Crippen molar-refractivity contribution in [2.45, 2.75) is 32.2 Å². The van der Waals surface area contributed by atoms with Crippen LogP contribution in [0.2, 0.25) is 0 Å². The van der Waals surface area contributed by atoms with Gasteiger partial charge in [-0.2, -0.15) is 0 Å². The molecule has 5 heteroatoms. The number of carbonyl (C=O) groups is 1. The average Bonchev–Trinajstić information content (AvgIpc) is 3.26. The van der Waals surface area contributed by atoms with Gasteiger partial charge in [-0.25, -0.2) is 4.98 Å². The van der Waals surface area contributed by atoms with Crippen LogP contribution in [0.3, 0.4) is 0 Å². The van der Waals surface area contributed by atoms with Crippen LogP contribution in [-0.2, 0) is 17.8 Å². The second-order valence-corrected chi connectivity index (χ2v) is 6.94. The second-order valence-electron chi connectivity index (χ2n) is 6.00. The summed E-state index contributed by atoms with van der Waals surface area (Å²) in [5.74, 6) is 1.52. The molecule has 1 aliphatic carbocycles. The fourth-order valence-electron chi connectivity index (χ4n) is 2.88.